The number of rotatable bonds is 4. The Bertz CT molecular complexity index is 483. The number of carboxylic acids is 1. The minimum absolute atomic E-state index is 0.261. The molecule has 0 unspecified atom stereocenters. The number of aliphatic carboxylic acids is 1. The Labute approximate surface area is 109 Å². The zero-order valence-electron chi connectivity index (χ0n) is 10.2. The Morgan fingerprint density at radius 3 is 2.68 bits per heavy atom. The van der Waals surface area contributed by atoms with Crippen LogP contribution in [-0.4, -0.2) is 29.2 Å². The van der Waals surface area contributed by atoms with Gasteiger partial charge in [-0.15, -0.1) is 0 Å². The van der Waals surface area contributed by atoms with Crippen molar-refractivity contribution in [3.05, 3.63) is 24.2 Å². The molecule has 1 aromatic rings. The van der Waals surface area contributed by atoms with E-state index >= 15 is 0 Å². The molecule has 2 bridgehead atoms. The van der Waals surface area contributed by atoms with Crippen LogP contribution in [0.5, 0.6) is 0 Å². The molecule has 0 aliphatic carbocycles. The minimum Gasteiger partial charge on any atom is -0.481 e. The van der Waals surface area contributed by atoms with Gasteiger partial charge in [-0.2, -0.15) is 0 Å². The lowest BCUT2D eigenvalue weighted by Gasteiger charge is -2.23. The molecule has 0 radical (unpaired) electrons. The topological polar surface area (TPSA) is 88.8 Å². The third-order valence-electron chi connectivity index (χ3n) is 3.88. The van der Waals surface area contributed by atoms with Crippen molar-refractivity contribution in [1.82, 2.24) is 5.32 Å². The van der Waals surface area contributed by atoms with E-state index in [9.17, 15) is 14.7 Å². The van der Waals surface area contributed by atoms with Crippen molar-refractivity contribution in [1.29, 1.82) is 0 Å². The number of carbonyl (C=O) groups excluding carboxylic acids is 1. The number of nitrogens with one attached hydrogen (secondary N) is 1. The molecular formula is C13H15NO5. The largest absolute Gasteiger partial charge is 0.481 e. The van der Waals surface area contributed by atoms with Crippen molar-refractivity contribution in [2.24, 2.45) is 11.8 Å². The molecule has 2 fully saturated rings. The molecule has 2 aliphatic rings. The molecule has 3 rings (SSSR count). The molecule has 6 nitrogen and oxygen atoms in total. The van der Waals surface area contributed by atoms with Gasteiger partial charge in [0, 0.05) is 0 Å². The Morgan fingerprint density at radius 1 is 1.32 bits per heavy atom. The summed E-state index contributed by atoms with van der Waals surface area (Å²) in [6, 6.07) is 3.49. The maximum Gasteiger partial charge on any atom is 0.310 e. The summed E-state index contributed by atoms with van der Waals surface area (Å²) in [4.78, 5) is 23.4. The molecule has 0 saturated carbocycles. The van der Waals surface area contributed by atoms with Gasteiger partial charge in [-0.05, 0) is 25.0 Å². The zero-order chi connectivity index (χ0) is 13.4. The van der Waals surface area contributed by atoms with Gasteiger partial charge in [0.25, 0.3) is 0 Å². The van der Waals surface area contributed by atoms with Crippen LogP contribution in [0, 0.1) is 11.8 Å². The molecule has 3 heterocycles. The first-order valence-corrected chi connectivity index (χ1v) is 6.35. The van der Waals surface area contributed by atoms with Gasteiger partial charge in [0.15, 0.2) is 0 Å². The van der Waals surface area contributed by atoms with Crippen molar-refractivity contribution in [3.63, 3.8) is 0 Å². The molecule has 1 aromatic heterocycles. The lowest BCUT2D eigenvalue weighted by Crippen LogP contribution is -2.43. The van der Waals surface area contributed by atoms with Crippen molar-refractivity contribution in [2.75, 3.05) is 0 Å². The summed E-state index contributed by atoms with van der Waals surface area (Å²) in [5, 5.41) is 11.9. The summed E-state index contributed by atoms with van der Waals surface area (Å²) in [5.41, 5.74) is 0. The van der Waals surface area contributed by atoms with Crippen LogP contribution in [-0.2, 0) is 20.9 Å². The lowest BCUT2D eigenvalue weighted by molar-refractivity contribution is -0.147. The van der Waals surface area contributed by atoms with E-state index in [1.54, 1.807) is 12.1 Å². The number of carbonyl (C=O) groups is 2. The molecule has 19 heavy (non-hydrogen) atoms. The first-order chi connectivity index (χ1) is 9.16. The summed E-state index contributed by atoms with van der Waals surface area (Å²) >= 11 is 0. The number of furan rings is 1. The predicted molar refractivity (Wildman–Crippen MR) is 63.1 cm³/mol. The van der Waals surface area contributed by atoms with E-state index < -0.39 is 17.8 Å². The second kappa shape index (κ2) is 4.70. The average molecular weight is 265 g/mol. The van der Waals surface area contributed by atoms with Gasteiger partial charge >= 0.3 is 5.97 Å². The molecule has 0 spiro atoms. The fourth-order valence-corrected chi connectivity index (χ4v) is 3.03. The van der Waals surface area contributed by atoms with Crippen molar-refractivity contribution in [2.45, 2.75) is 31.6 Å². The predicted octanol–water partition coefficient (Wildman–Crippen LogP) is 0.774. The van der Waals surface area contributed by atoms with Crippen molar-refractivity contribution < 1.29 is 23.8 Å². The quantitative estimate of drug-likeness (QED) is 0.839. The summed E-state index contributed by atoms with van der Waals surface area (Å²) in [6.45, 7) is 0.270. The first-order valence-electron chi connectivity index (χ1n) is 6.35. The van der Waals surface area contributed by atoms with Crippen LogP contribution in [0.2, 0.25) is 0 Å². The highest BCUT2D eigenvalue weighted by Crippen LogP contribution is 2.43. The van der Waals surface area contributed by atoms with Crippen LogP contribution in [0.15, 0.2) is 22.8 Å². The highest BCUT2D eigenvalue weighted by atomic mass is 16.5. The van der Waals surface area contributed by atoms with E-state index in [1.807, 2.05) is 0 Å². The Morgan fingerprint density at radius 2 is 2.05 bits per heavy atom. The van der Waals surface area contributed by atoms with Gasteiger partial charge in [0.05, 0.1) is 36.9 Å². The third-order valence-corrected chi connectivity index (χ3v) is 3.88. The molecule has 102 valence electrons. The van der Waals surface area contributed by atoms with Crippen LogP contribution in [0.3, 0.4) is 0 Å². The standard InChI is InChI=1S/C13H15NO5/c15-12(14-6-7-2-1-5-18-7)10-8-3-4-9(19-8)11(10)13(16)17/h1-2,5,8-11H,3-4,6H2,(H,14,15)(H,16,17)/t8-,9-,10-,11-/m1/s1. The third kappa shape index (κ3) is 2.12. The molecule has 1 amide bonds. The van der Waals surface area contributed by atoms with E-state index in [2.05, 4.69) is 5.32 Å². The van der Waals surface area contributed by atoms with Crippen LogP contribution < -0.4 is 5.32 Å². The number of hydrogen-bond acceptors (Lipinski definition) is 4. The van der Waals surface area contributed by atoms with Gasteiger partial charge in [-0.3, -0.25) is 9.59 Å². The zero-order valence-corrected chi connectivity index (χ0v) is 10.2. The maximum atomic E-state index is 12.1. The van der Waals surface area contributed by atoms with Gasteiger partial charge in [0.2, 0.25) is 5.91 Å². The number of amides is 1. The lowest BCUT2D eigenvalue weighted by atomic mass is 9.79. The van der Waals surface area contributed by atoms with Gasteiger partial charge in [0.1, 0.15) is 5.76 Å². The van der Waals surface area contributed by atoms with Crippen molar-refractivity contribution in [3.8, 4) is 0 Å². The van der Waals surface area contributed by atoms with Crippen molar-refractivity contribution >= 4 is 11.9 Å². The minimum atomic E-state index is -0.953. The summed E-state index contributed by atoms with van der Waals surface area (Å²) in [6.07, 6.45) is 2.43. The SMILES string of the molecule is O=C(O)[C@H]1[C@H](C(=O)NCc2ccco2)[C@H]2CC[C@H]1O2. The summed E-state index contributed by atoms with van der Waals surface area (Å²) < 4.78 is 10.7. The number of ether oxygens (including phenoxy) is 1. The normalized spacial score (nSPS) is 32.4. The van der Waals surface area contributed by atoms with Gasteiger partial charge in [-0.1, -0.05) is 0 Å². The van der Waals surface area contributed by atoms with Crippen LogP contribution in [0.4, 0.5) is 0 Å². The highest BCUT2D eigenvalue weighted by Gasteiger charge is 2.55. The molecule has 2 saturated heterocycles. The summed E-state index contributed by atoms with van der Waals surface area (Å²) in [7, 11) is 0. The Hall–Kier alpha value is -1.82. The van der Waals surface area contributed by atoms with Gasteiger partial charge < -0.3 is 19.6 Å². The van der Waals surface area contributed by atoms with E-state index in [1.165, 1.54) is 6.26 Å². The summed E-state index contributed by atoms with van der Waals surface area (Å²) in [5.74, 6) is -1.90. The monoisotopic (exact) mass is 265 g/mol. The van der Waals surface area contributed by atoms with Crippen LogP contribution in [0.25, 0.3) is 0 Å². The maximum absolute atomic E-state index is 12.1. The molecular weight excluding hydrogens is 250 g/mol. The Balaban J connectivity index is 1.66. The number of hydrogen-bond donors (Lipinski definition) is 2. The number of fused-ring (bicyclic) bond motifs is 2. The first kappa shape index (κ1) is 12.2. The fourth-order valence-electron chi connectivity index (χ4n) is 3.03. The second-order valence-electron chi connectivity index (χ2n) is 4.98. The molecule has 6 heteroatoms. The van der Waals surface area contributed by atoms with E-state index in [4.69, 9.17) is 9.15 Å². The van der Waals surface area contributed by atoms with E-state index in [0.717, 1.165) is 12.8 Å². The van der Waals surface area contributed by atoms with Crippen LogP contribution >= 0.6 is 0 Å². The fraction of sp³-hybridized carbons (Fsp3) is 0.538. The molecule has 0 aromatic carbocycles. The Kier molecular flexibility index (Phi) is 3.02. The molecule has 2 aliphatic heterocycles. The van der Waals surface area contributed by atoms with Gasteiger partial charge in [-0.25, -0.2) is 0 Å². The van der Waals surface area contributed by atoms with E-state index in [0.29, 0.717) is 5.76 Å². The smallest absolute Gasteiger partial charge is 0.310 e. The highest BCUT2D eigenvalue weighted by molar-refractivity contribution is 5.86. The molecule has 4 atom stereocenters. The number of carboxylic acid groups (broad SMARTS) is 1. The van der Waals surface area contributed by atoms with Crippen LogP contribution in [0.1, 0.15) is 18.6 Å². The molecule has 2 N–H and O–H groups in total. The van der Waals surface area contributed by atoms with E-state index in [-0.39, 0.29) is 24.7 Å². The second-order valence-corrected chi connectivity index (χ2v) is 4.98. The average Bonchev–Trinajstić information content (AvgIpc) is 3.10.